The highest BCUT2D eigenvalue weighted by molar-refractivity contribution is 5.91. The monoisotopic (exact) mass is 398 g/mol. The summed E-state index contributed by atoms with van der Waals surface area (Å²) in [6.45, 7) is 4.56. The summed E-state index contributed by atoms with van der Waals surface area (Å²) in [4.78, 5) is 14.4. The summed E-state index contributed by atoms with van der Waals surface area (Å²) >= 11 is 0. The number of benzene rings is 2. The minimum Gasteiger partial charge on any atom is -0.493 e. The van der Waals surface area contributed by atoms with Gasteiger partial charge in [-0.1, -0.05) is 18.2 Å². The first-order chi connectivity index (χ1) is 14.1. The van der Waals surface area contributed by atoms with Gasteiger partial charge < -0.3 is 24.4 Å². The van der Waals surface area contributed by atoms with Gasteiger partial charge in [-0.3, -0.25) is 4.79 Å². The van der Waals surface area contributed by atoms with Gasteiger partial charge in [0.05, 0.1) is 21.3 Å². The third kappa shape index (κ3) is 6.45. The van der Waals surface area contributed by atoms with Crippen molar-refractivity contribution in [3.63, 3.8) is 0 Å². The Morgan fingerprint density at radius 2 is 1.69 bits per heavy atom. The smallest absolute Gasteiger partial charge is 0.244 e. The summed E-state index contributed by atoms with van der Waals surface area (Å²) in [5.74, 6) is 1.48. The maximum absolute atomic E-state index is 12.1. The van der Waals surface area contributed by atoms with E-state index in [1.54, 1.807) is 39.5 Å². The molecule has 6 nitrogen and oxygen atoms in total. The van der Waals surface area contributed by atoms with Gasteiger partial charge in [-0.15, -0.1) is 0 Å². The van der Waals surface area contributed by atoms with Gasteiger partial charge in [-0.25, -0.2) is 0 Å². The third-order valence-electron chi connectivity index (χ3n) is 4.52. The van der Waals surface area contributed by atoms with E-state index in [1.165, 1.54) is 11.8 Å². The summed E-state index contributed by atoms with van der Waals surface area (Å²) in [6, 6.07) is 13.9. The number of rotatable bonds is 11. The molecular weight excluding hydrogens is 368 g/mol. The molecule has 0 saturated heterocycles. The molecule has 0 aliphatic heterocycles. The van der Waals surface area contributed by atoms with Gasteiger partial charge in [-0.05, 0) is 49.2 Å². The quantitative estimate of drug-likeness (QED) is 0.461. The second-order valence-electron chi connectivity index (χ2n) is 6.35. The number of methoxy groups -OCH3 is 3. The van der Waals surface area contributed by atoms with Gasteiger partial charge in [-0.2, -0.15) is 0 Å². The van der Waals surface area contributed by atoms with E-state index in [-0.39, 0.29) is 5.91 Å². The molecule has 0 atom stereocenters. The standard InChI is InChI=1S/C23H30N2O4/c1-5-25(19-10-7-6-8-11-19)15-9-14-24-22(26)13-12-18-16-20(27-2)23(29-4)21(17-18)28-3/h6-8,10-13,16-17H,5,9,14-15H2,1-4H3,(H,24,26). The molecule has 2 aromatic rings. The first kappa shape index (κ1) is 22.1. The minimum atomic E-state index is -0.137. The topological polar surface area (TPSA) is 60.0 Å². The van der Waals surface area contributed by atoms with Crippen molar-refractivity contribution in [3.8, 4) is 17.2 Å². The molecule has 0 aliphatic rings. The van der Waals surface area contributed by atoms with Crippen LogP contribution in [0.15, 0.2) is 48.5 Å². The number of anilines is 1. The fourth-order valence-electron chi connectivity index (χ4n) is 3.02. The van der Waals surface area contributed by atoms with Gasteiger partial charge in [0.2, 0.25) is 11.7 Å². The van der Waals surface area contributed by atoms with Crippen LogP contribution in [-0.2, 0) is 4.79 Å². The van der Waals surface area contributed by atoms with E-state index in [0.29, 0.717) is 23.8 Å². The summed E-state index contributed by atoms with van der Waals surface area (Å²) in [5.41, 5.74) is 1.99. The molecule has 0 saturated carbocycles. The molecule has 6 heteroatoms. The highest BCUT2D eigenvalue weighted by Crippen LogP contribution is 2.38. The number of ether oxygens (including phenoxy) is 3. The van der Waals surface area contributed by atoms with Crippen molar-refractivity contribution < 1.29 is 19.0 Å². The average molecular weight is 399 g/mol. The van der Waals surface area contributed by atoms with E-state index >= 15 is 0 Å². The van der Waals surface area contributed by atoms with E-state index in [9.17, 15) is 4.79 Å². The summed E-state index contributed by atoms with van der Waals surface area (Å²) in [6.07, 6.45) is 4.10. The van der Waals surface area contributed by atoms with E-state index in [1.807, 2.05) is 18.2 Å². The van der Waals surface area contributed by atoms with Crippen LogP contribution in [0.1, 0.15) is 18.9 Å². The van der Waals surface area contributed by atoms with Gasteiger partial charge >= 0.3 is 0 Å². The lowest BCUT2D eigenvalue weighted by Gasteiger charge is -2.23. The van der Waals surface area contributed by atoms with Gasteiger partial charge in [0.25, 0.3) is 0 Å². The molecule has 0 radical (unpaired) electrons. The first-order valence-corrected chi connectivity index (χ1v) is 9.68. The van der Waals surface area contributed by atoms with Crippen LogP contribution in [0.5, 0.6) is 17.2 Å². The maximum Gasteiger partial charge on any atom is 0.244 e. The Balaban J connectivity index is 1.87. The third-order valence-corrected chi connectivity index (χ3v) is 4.52. The van der Waals surface area contributed by atoms with Crippen molar-refractivity contribution in [2.45, 2.75) is 13.3 Å². The highest BCUT2D eigenvalue weighted by atomic mass is 16.5. The minimum absolute atomic E-state index is 0.137. The van der Waals surface area contributed by atoms with E-state index in [2.05, 4.69) is 29.3 Å². The van der Waals surface area contributed by atoms with Crippen LogP contribution in [-0.4, -0.2) is 46.9 Å². The van der Waals surface area contributed by atoms with Crippen LogP contribution in [0.4, 0.5) is 5.69 Å². The second-order valence-corrected chi connectivity index (χ2v) is 6.35. The zero-order valence-electron chi connectivity index (χ0n) is 17.6. The molecule has 0 fully saturated rings. The molecular formula is C23H30N2O4. The van der Waals surface area contributed by atoms with Crippen LogP contribution in [0.3, 0.4) is 0 Å². The molecule has 29 heavy (non-hydrogen) atoms. The van der Waals surface area contributed by atoms with Crippen LogP contribution < -0.4 is 24.4 Å². The normalized spacial score (nSPS) is 10.6. The maximum atomic E-state index is 12.1. The number of nitrogens with zero attached hydrogens (tertiary/aromatic N) is 1. The lowest BCUT2D eigenvalue weighted by atomic mass is 10.1. The molecule has 0 spiro atoms. The Labute approximate surface area is 173 Å². The Morgan fingerprint density at radius 3 is 2.24 bits per heavy atom. The van der Waals surface area contributed by atoms with Crippen molar-refractivity contribution >= 4 is 17.7 Å². The fourth-order valence-corrected chi connectivity index (χ4v) is 3.02. The molecule has 2 rings (SSSR count). The number of para-hydroxylation sites is 1. The molecule has 0 aromatic heterocycles. The predicted molar refractivity (Wildman–Crippen MR) is 117 cm³/mol. The number of carbonyl (C=O) groups is 1. The lowest BCUT2D eigenvalue weighted by molar-refractivity contribution is -0.116. The Kier molecular flexibility index (Phi) is 8.89. The van der Waals surface area contributed by atoms with Crippen molar-refractivity contribution in [2.24, 2.45) is 0 Å². The van der Waals surface area contributed by atoms with Crippen molar-refractivity contribution in [1.29, 1.82) is 0 Å². The largest absolute Gasteiger partial charge is 0.493 e. The fraction of sp³-hybridized carbons (Fsp3) is 0.348. The summed E-state index contributed by atoms with van der Waals surface area (Å²) in [5, 5.41) is 2.92. The molecule has 0 aliphatic carbocycles. The zero-order valence-corrected chi connectivity index (χ0v) is 17.6. The van der Waals surface area contributed by atoms with E-state index in [4.69, 9.17) is 14.2 Å². The van der Waals surface area contributed by atoms with Gasteiger partial charge in [0, 0.05) is 31.4 Å². The van der Waals surface area contributed by atoms with Gasteiger partial charge in [0.15, 0.2) is 11.5 Å². The predicted octanol–water partition coefficient (Wildman–Crippen LogP) is 3.76. The van der Waals surface area contributed by atoms with Crippen LogP contribution in [0, 0.1) is 0 Å². The number of nitrogens with one attached hydrogen (secondary N) is 1. The molecule has 0 heterocycles. The van der Waals surface area contributed by atoms with Crippen LogP contribution in [0.25, 0.3) is 6.08 Å². The van der Waals surface area contributed by atoms with E-state index < -0.39 is 0 Å². The number of carbonyl (C=O) groups excluding carboxylic acids is 1. The Bertz CT molecular complexity index is 781. The average Bonchev–Trinajstić information content (AvgIpc) is 2.77. The highest BCUT2D eigenvalue weighted by Gasteiger charge is 2.12. The number of amides is 1. The Hall–Kier alpha value is -3.15. The molecule has 2 aromatic carbocycles. The summed E-state index contributed by atoms with van der Waals surface area (Å²) < 4.78 is 16.0. The number of hydrogen-bond donors (Lipinski definition) is 1. The van der Waals surface area contributed by atoms with Crippen molar-refractivity contribution in [3.05, 3.63) is 54.1 Å². The van der Waals surface area contributed by atoms with Crippen LogP contribution >= 0.6 is 0 Å². The first-order valence-electron chi connectivity index (χ1n) is 9.68. The van der Waals surface area contributed by atoms with Crippen molar-refractivity contribution in [1.82, 2.24) is 5.32 Å². The van der Waals surface area contributed by atoms with E-state index in [0.717, 1.165) is 25.1 Å². The Morgan fingerprint density at radius 1 is 1.03 bits per heavy atom. The molecule has 0 unspecified atom stereocenters. The zero-order chi connectivity index (χ0) is 21.1. The van der Waals surface area contributed by atoms with Gasteiger partial charge in [0.1, 0.15) is 0 Å². The lowest BCUT2D eigenvalue weighted by Crippen LogP contribution is -2.29. The molecule has 156 valence electrons. The number of hydrogen-bond acceptors (Lipinski definition) is 5. The molecule has 0 bridgehead atoms. The SMILES string of the molecule is CCN(CCCNC(=O)C=Cc1cc(OC)c(OC)c(OC)c1)c1ccccc1. The second kappa shape index (κ2) is 11.6. The molecule has 1 amide bonds. The van der Waals surface area contributed by atoms with Crippen LogP contribution in [0.2, 0.25) is 0 Å². The molecule has 1 N–H and O–H groups in total. The van der Waals surface area contributed by atoms with Crippen molar-refractivity contribution in [2.75, 3.05) is 45.9 Å². The summed E-state index contributed by atoms with van der Waals surface area (Å²) in [7, 11) is 4.68.